The molecule has 1 fully saturated rings. The van der Waals surface area contributed by atoms with Crippen LogP contribution in [0, 0.1) is 0 Å². The molecule has 3 heterocycles. The van der Waals surface area contributed by atoms with E-state index in [1.54, 1.807) is 43.8 Å². The van der Waals surface area contributed by atoms with Crippen LogP contribution in [0.4, 0.5) is 0 Å². The van der Waals surface area contributed by atoms with Gasteiger partial charge in [0, 0.05) is 24.5 Å². The van der Waals surface area contributed by atoms with E-state index in [1.807, 2.05) is 30.3 Å². The Hall–Kier alpha value is -4.13. The molecule has 1 N–H and O–H groups in total. The van der Waals surface area contributed by atoms with Crippen LogP contribution in [0.2, 0.25) is 0 Å². The molecule has 172 valence electrons. The summed E-state index contributed by atoms with van der Waals surface area (Å²) in [5.41, 5.74) is 3.03. The number of hydrogen-bond acceptors (Lipinski definition) is 6. The lowest BCUT2D eigenvalue weighted by Gasteiger charge is -2.25. The van der Waals surface area contributed by atoms with Gasteiger partial charge in [-0.3, -0.25) is 14.6 Å². The molecule has 0 saturated carbocycles. The Morgan fingerprint density at radius 3 is 2.76 bits per heavy atom. The first-order valence-corrected chi connectivity index (χ1v) is 11.1. The Morgan fingerprint density at radius 1 is 1.15 bits per heavy atom. The molecule has 1 atom stereocenters. The summed E-state index contributed by atoms with van der Waals surface area (Å²) in [6.45, 7) is 0.847. The van der Waals surface area contributed by atoms with E-state index in [-0.39, 0.29) is 17.9 Å². The Morgan fingerprint density at radius 2 is 1.97 bits per heavy atom. The zero-order valence-corrected chi connectivity index (χ0v) is 18.7. The number of amides is 1. The van der Waals surface area contributed by atoms with Gasteiger partial charge in [0.05, 0.1) is 25.3 Å². The van der Waals surface area contributed by atoms with Crippen LogP contribution in [-0.2, 0) is 22.6 Å². The van der Waals surface area contributed by atoms with Gasteiger partial charge in [0.1, 0.15) is 17.3 Å². The average Bonchev–Trinajstić information content (AvgIpc) is 3.13. The van der Waals surface area contributed by atoms with E-state index in [0.717, 1.165) is 29.7 Å². The van der Waals surface area contributed by atoms with Crippen LogP contribution >= 0.6 is 0 Å². The van der Waals surface area contributed by atoms with Crippen molar-refractivity contribution in [1.29, 1.82) is 0 Å². The van der Waals surface area contributed by atoms with Crippen molar-refractivity contribution in [2.75, 3.05) is 13.7 Å². The summed E-state index contributed by atoms with van der Waals surface area (Å²) < 4.78 is 11.0. The molecule has 3 aromatic rings. The van der Waals surface area contributed by atoms with Crippen molar-refractivity contribution in [2.45, 2.75) is 25.4 Å². The maximum atomic E-state index is 13.2. The monoisotopic (exact) mass is 456 g/mol. The van der Waals surface area contributed by atoms with Gasteiger partial charge in [-0.25, -0.2) is 0 Å². The van der Waals surface area contributed by atoms with Crippen molar-refractivity contribution in [3.05, 3.63) is 94.8 Å². The quantitative estimate of drug-likeness (QED) is 0.354. The molecule has 7 heteroatoms. The number of likely N-dealkylation sites (tertiary alicyclic amines) is 1. The lowest BCUT2D eigenvalue weighted by Crippen LogP contribution is -2.29. The highest BCUT2D eigenvalue weighted by atomic mass is 16.5. The number of ketones is 1. The predicted molar refractivity (Wildman–Crippen MR) is 125 cm³/mol. The summed E-state index contributed by atoms with van der Waals surface area (Å²) in [5.74, 6) is -0.122. The lowest BCUT2D eigenvalue weighted by atomic mass is 9.94. The Labute approximate surface area is 197 Å². The molecular formula is C27H24N2O5. The number of fused-ring (bicyclic) bond motifs is 1. The highest BCUT2D eigenvalue weighted by molar-refractivity contribution is 6.46. The fourth-order valence-electron chi connectivity index (χ4n) is 4.57. The van der Waals surface area contributed by atoms with Crippen LogP contribution in [0.3, 0.4) is 0 Å². The first-order chi connectivity index (χ1) is 16.6. The predicted octanol–water partition coefficient (Wildman–Crippen LogP) is 4.04. The van der Waals surface area contributed by atoms with Crippen LogP contribution in [0.25, 0.3) is 5.76 Å². The van der Waals surface area contributed by atoms with Gasteiger partial charge in [-0.05, 0) is 72.0 Å². The number of carbonyl (C=O) groups excluding carboxylic acids is 2. The van der Waals surface area contributed by atoms with Crippen LogP contribution in [-0.4, -0.2) is 40.4 Å². The van der Waals surface area contributed by atoms with Crippen molar-refractivity contribution >= 4 is 17.4 Å². The highest BCUT2D eigenvalue weighted by Crippen LogP contribution is 2.41. The zero-order chi connectivity index (χ0) is 23.7. The third kappa shape index (κ3) is 3.90. The summed E-state index contributed by atoms with van der Waals surface area (Å²) in [4.78, 5) is 32.0. The molecule has 5 rings (SSSR count). The average molecular weight is 456 g/mol. The number of Topliss-reactive ketones (excluding diaryl/α,β-unsaturated/α-hetero) is 1. The highest BCUT2D eigenvalue weighted by Gasteiger charge is 2.46. The maximum Gasteiger partial charge on any atom is 0.295 e. The number of aliphatic hydroxyl groups is 1. The molecule has 1 amide bonds. The van der Waals surface area contributed by atoms with Crippen molar-refractivity contribution in [1.82, 2.24) is 9.88 Å². The molecule has 1 unspecified atom stereocenters. The van der Waals surface area contributed by atoms with Gasteiger partial charge < -0.3 is 19.5 Å². The number of methoxy groups -OCH3 is 1. The molecule has 34 heavy (non-hydrogen) atoms. The number of carbonyl (C=O) groups is 2. The molecule has 2 aromatic carbocycles. The zero-order valence-electron chi connectivity index (χ0n) is 18.7. The number of aromatic nitrogens is 1. The van der Waals surface area contributed by atoms with Gasteiger partial charge in [-0.1, -0.05) is 12.1 Å². The van der Waals surface area contributed by atoms with Crippen LogP contribution in [0.1, 0.15) is 34.7 Å². The van der Waals surface area contributed by atoms with Crippen LogP contribution in [0.5, 0.6) is 11.5 Å². The second-order valence-electron chi connectivity index (χ2n) is 8.33. The van der Waals surface area contributed by atoms with Crippen molar-refractivity contribution in [3.63, 3.8) is 0 Å². The maximum absolute atomic E-state index is 13.2. The summed E-state index contributed by atoms with van der Waals surface area (Å²) >= 11 is 0. The molecular weight excluding hydrogens is 432 g/mol. The number of rotatable bonds is 5. The van der Waals surface area contributed by atoms with Crippen LogP contribution in [0.15, 0.2) is 72.6 Å². The number of nitrogens with zero attached hydrogens (tertiary/aromatic N) is 2. The van der Waals surface area contributed by atoms with E-state index in [0.29, 0.717) is 23.5 Å². The second-order valence-corrected chi connectivity index (χ2v) is 8.33. The van der Waals surface area contributed by atoms with E-state index in [4.69, 9.17) is 9.47 Å². The fourth-order valence-corrected chi connectivity index (χ4v) is 4.57. The first kappa shape index (κ1) is 21.7. The summed E-state index contributed by atoms with van der Waals surface area (Å²) in [7, 11) is 1.58. The standard InChI is InChI=1S/C27H24N2O5/c1-33-21-6-2-4-17(14-21)16-29-24(18-9-11-28-12-10-18)23(26(31)27(29)32)25(30)20-7-8-22-19(15-20)5-3-13-34-22/h2,4,6-12,14-15,24,30H,3,5,13,16H2,1H3/b25-23-. The van der Waals surface area contributed by atoms with Gasteiger partial charge in [0.25, 0.3) is 11.7 Å². The summed E-state index contributed by atoms with van der Waals surface area (Å²) in [6.07, 6.45) is 4.93. The molecule has 1 saturated heterocycles. The second kappa shape index (κ2) is 9.02. The summed E-state index contributed by atoms with van der Waals surface area (Å²) in [5, 5.41) is 11.3. The van der Waals surface area contributed by atoms with Gasteiger partial charge in [0.15, 0.2) is 0 Å². The van der Waals surface area contributed by atoms with E-state index < -0.39 is 17.7 Å². The largest absolute Gasteiger partial charge is 0.507 e. The van der Waals surface area contributed by atoms with E-state index in [1.165, 1.54) is 4.90 Å². The smallest absolute Gasteiger partial charge is 0.295 e. The minimum absolute atomic E-state index is 0.0655. The van der Waals surface area contributed by atoms with Crippen molar-refractivity contribution in [2.24, 2.45) is 0 Å². The Balaban J connectivity index is 1.60. The lowest BCUT2D eigenvalue weighted by molar-refractivity contribution is -0.140. The van der Waals surface area contributed by atoms with Crippen molar-refractivity contribution < 1.29 is 24.2 Å². The number of aliphatic hydroxyl groups excluding tert-OH is 1. The van der Waals surface area contributed by atoms with Gasteiger partial charge in [0.2, 0.25) is 0 Å². The van der Waals surface area contributed by atoms with Gasteiger partial charge >= 0.3 is 0 Å². The van der Waals surface area contributed by atoms with E-state index in [2.05, 4.69) is 4.98 Å². The van der Waals surface area contributed by atoms with Crippen molar-refractivity contribution in [3.8, 4) is 11.5 Å². The molecule has 0 spiro atoms. The number of pyridine rings is 1. The Bertz CT molecular complexity index is 1290. The third-order valence-electron chi connectivity index (χ3n) is 6.23. The molecule has 2 aliphatic rings. The third-order valence-corrected chi connectivity index (χ3v) is 6.23. The first-order valence-electron chi connectivity index (χ1n) is 11.1. The number of ether oxygens (including phenoxy) is 2. The molecule has 2 aliphatic heterocycles. The molecule has 1 aromatic heterocycles. The number of aryl methyl sites for hydroxylation is 1. The summed E-state index contributed by atoms with van der Waals surface area (Å²) in [6, 6.07) is 15.5. The molecule has 0 aliphatic carbocycles. The Kier molecular flexibility index (Phi) is 5.76. The molecule has 7 nitrogen and oxygen atoms in total. The number of hydrogen-bond donors (Lipinski definition) is 1. The van der Waals surface area contributed by atoms with E-state index in [9.17, 15) is 14.7 Å². The van der Waals surface area contributed by atoms with Gasteiger partial charge in [-0.2, -0.15) is 0 Å². The van der Waals surface area contributed by atoms with E-state index >= 15 is 0 Å². The SMILES string of the molecule is COc1cccc(CN2C(=O)C(=O)/C(=C(\O)c3ccc4c(c3)CCCO4)C2c2ccncc2)c1. The normalized spacial score (nSPS) is 19.0. The molecule has 0 radical (unpaired) electrons. The fraction of sp³-hybridized carbons (Fsp3) is 0.222. The topological polar surface area (TPSA) is 89.0 Å². The molecule has 0 bridgehead atoms. The number of benzene rings is 2. The van der Waals surface area contributed by atoms with Gasteiger partial charge in [-0.15, -0.1) is 0 Å². The van der Waals surface area contributed by atoms with Crippen LogP contribution < -0.4 is 9.47 Å². The minimum atomic E-state index is -0.749. The minimum Gasteiger partial charge on any atom is -0.507 e.